The number of benzene rings is 1. The Morgan fingerprint density at radius 3 is 2.62 bits per heavy atom. The summed E-state index contributed by atoms with van der Waals surface area (Å²) in [5, 5.41) is 0. The SMILES string of the molecule is COC(=O)c1cccc(/C=C/[C@@H]2COC(C)(C)N2C(=O)OC(C)(C)C)c1. The van der Waals surface area contributed by atoms with Crippen molar-refractivity contribution < 1.29 is 23.8 Å². The number of hydrogen-bond acceptors (Lipinski definition) is 5. The van der Waals surface area contributed by atoms with E-state index in [-0.39, 0.29) is 12.0 Å². The van der Waals surface area contributed by atoms with Crippen LogP contribution in [0.1, 0.15) is 50.5 Å². The molecule has 1 atom stereocenters. The summed E-state index contributed by atoms with van der Waals surface area (Å²) in [5.74, 6) is -0.388. The summed E-state index contributed by atoms with van der Waals surface area (Å²) in [5.41, 5.74) is -0.0345. The van der Waals surface area contributed by atoms with Gasteiger partial charge in [-0.1, -0.05) is 24.3 Å². The molecule has 0 saturated carbocycles. The molecule has 1 fully saturated rings. The van der Waals surface area contributed by atoms with Gasteiger partial charge in [0.15, 0.2) is 0 Å². The first-order chi connectivity index (χ1) is 12.0. The number of ether oxygens (including phenoxy) is 3. The van der Waals surface area contributed by atoms with E-state index in [1.807, 2.05) is 52.8 Å². The third-order valence-electron chi connectivity index (χ3n) is 3.93. The highest BCUT2D eigenvalue weighted by Crippen LogP contribution is 2.30. The van der Waals surface area contributed by atoms with E-state index in [2.05, 4.69) is 0 Å². The molecule has 1 saturated heterocycles. The van der Waals surface area contributed by atoms with Crippen LogP contribution in [0.15, 0.2) is 30.3 Å². The van der Waals surface area contributed by atoms with E-state index in [4.69, 9.17) is 14.2 Å². The van der Waals surface area contributed by atoms with E-state index in [9.17, 15) is 9.59 Å². The largest absolute Gasteiger partial charge is 0.465 e. The van der Waals surface area contributed by atoms with Crippen molar-refractivity contribution in [3.8, 4) is 0 Å². The highest BCUT2D eigenvalue weighted by atomic mass is 16.6. The lowest BCUT2D eigenvalue weighted by atomic mass is 10.1. The summed E-state index contributed by atoms with van der Waals surface area (Å²) >= 11 is 0. The van der Waals surface area contributed by atoms with Gasteiger partial charge in [-0.15, -0.1) is 0 Å². The van der Waals surface area contributed by atoms with Gasteiger partial charge in [-0.25, -0.2) is 9.59 Å². The lowest BCUT2D eigenvalue weighted by Crippen LogP contribution is -2.49. The predicted octanol–water partition coefficient (Wildman–Crippen LogP) is 3.86. The number of nitrogens with zero attached hydrogens (tertiary/aromatic N) is 1. The van der Waals surface area contributed by atoms with Crippen molar-refractivity contribution in [3.05, 3.63) is 41.5 Å². The van der Waals surface area contributed by atoms with E-state index >= 15 is 0 Å². The predicted molar refractivity (Wildman–Crippen MR) is 98.7 cm³/mol. The van der Waals surface area contributed by atoms with Crippen molar-refractivity contribution in [2.45, 2.75) is 52.0 Å². The second kappa shape index (κ2) is 7.50. The van der Waals surface area contributed by atoms with Crippen LogP contribution in [0.3, 0.4) is 0 Å². The first kappa shape index (κ1) is 20.0. The van der Waals surface area contributed by atoms with E-state index in [0.29, 0.717) is 12.2 Å². The van der Waals surface area contributed by atoms with Crippen LogP contribution >= 0.6 is 0 Å². The Hall–Kier alpha value is -2.34. The Balaban J connectivity index is 2.20. The topological polar surface area (TPSA) is 65.1 Å². The van der Waals surface area contributed by atoms with Gasteiger partial charge in [-0.05, 0) is 52.3 Å². The molecule has 142 valence electrons. The number of esters is 1. The second-order valence-electron chi connectivity index (χ2n) is 7.65. The number of rotatable bonds is 3. The number of carbonyl (C=O) groups excluding carboxylic acids is 2. The smallest absolute Gasteiger partial charge is 0.413 e. The molecule has 1 aromatic rings. The molecule has 1 aromatic carbocycles. The van der Waals surface area contributed by atoms with E-state index in [1.165, 1.54) is 7.11 Å². The zero-order valence-electron chi connectivity index (χ0n) is 16.2. The minimum absolute atomic E-state index is 0.262. The van der Waals surface area contributed by atoms with Gasteiger partial charge < -0.3 is 14.2 Å². The van der Waals surface area contributed by atoms with Crippen LogP contribution in [0, 0.1) is 0 Å². The first-order valence-electron chi connectivity index (χ1n) is 8.56. The highest BCUT2D eigenvalue weighted by molar-refractivity contribution is 5.90. The summed E-state index contributed by atoms with van der Waals surface area (Å²) in [6, 6.07) is 6.83. The number of amides is 1. The molecule has 0 aromatic heterocycles. The molecule has 6 heteroatoms. The fourth-order valence-electron chi connectivity index (χ4n) is 2.75. The first-order valence-corrected chi connectivity index (χ1v) is 8.56. The standard InChI is InChI=1S/C20H27NO5/c1-19(2,3)26-18(23)21-16(13-25-20(21,4)5)11-10-14-8-7-9-15(12-14)17(22)24-6/h7-12,16H,13H2,1-6H3/b11-10+/t16-/m1/s1. The summed E-state index contributed by atoms with van der Waals surface area (Å²) in [7, 11) is 1.35. The van der Waals surface area contributed by atoms with Gasteiger partial charge in [-0.3, -0.25) is 4.90 Å². The average molecular weight is 361 g/mol. The molecule has 0 bridgehead atoms. The van der Waals surface area contributed by atoms with E-state index in [1.54, 1.807) is 23.1 Å². The van der Waals surface area contributed by atoms with Crippen LogP contribution in [-0.2, 0) is 14.2 Å². The van der Waals surface area contributed by atoms with E-state index in [0.717, 1.165) is 5.56 Å². The second-order valence-corrected chi connectivity index (χ2v) is 7.65. The molecule has 0 unspecified atom stereocenters. The summed E-state index contributed by atoms with van der Waals surface area (Å²) < 4.78 is 16.0. The molecule has 1 amide bonds. The molecule has 0 spiro atoms. The number of carbonyl (C=O) groups is 2. The van der Waals surface area contributed by atoms with Crippen molar-refractivity contribution in [2.75, 3.05) is 13.7 Å². The maximum atomic E-state index is 12.6. The fourth-order valence-corrected chi connectivity index (χ4v) is 2.75. The molecule has 2 rings (SSSR count). The fraction of sp³-hybridized carbons (Fsp3) is 0.500. The summed E-state index contributed by atoms with van der Waals surface area (Å²) in [6.07, 6.45) is 3.33. The Labute approximate surface area is 154 Å². The van der Waals surface area contributed by atoms with Gasteiger partial charge in [0.1, 0.15) is 11.3 Å². The minimum atomic E-state index is -0.759. The van der Waals surface area contributed by atoms with Crippen LogP contribution in [0.5, 0.6) is 0 Å². The van der Waals surface area contributed by atoms with Crippen LogP contribution in [0.2, 0.25) is 0 Å². The highest BCUT2D eigenvalue weighted by Gasteiger charge is 2.44. The van der Waals surface area contributed by atoms with Crippen molar-refractivity contribution in [2.24, 2.45) is 0 Å². The summed E-state index contributed by atoms with van der Waals surface area (Å²) in [6.45, 7) is 9.54. The molecule has 1 aliphatic rings. The Bertz CT molecular complexity index is 702. The molecule has 6 nitrogen and oxygen atoms in total. The van der Waals surface area contributed by atoms with Crippen LogP contribution < -0.4 is 0 Å². The molecule has 0 N–H and O–H groups in total. The summed E-state index contributed by atoms with van der Waals surface area (Å²) in [4.78, 5) is 25.9. The monoisotopic (exact) mass is 361 g/mol. The van der Waals surface area contributed by atoms with Crippen molar-refractivity contribution >= 4 is 18.1 Å². The zero-order chi connectivity index (χ0) is 19.5. The molecule has 1 heterocycles. The lowest BCUT2D eigenvalue weighted by Gasteiger charge is -2.34. The third-order valence-corrected chi connectivity index (χ3v) is 3.93. The third kappa shape index (κ3) is 4.85. The van der Waals surface area contributed by atoms with Crippen molar-refractivity contribution in [1.29, 1.82) is 0 Å². The van der Waals surface area contributed by atoms with Crippen LogP contribution in [0.25, 0.3) is 6.08 Å². The van der Waals surface area contributed by atoms with Crippen LogP contribution in [-0.4, -0.2) is 48.0 Å². The molecular formula is C20H27NO5. The lowest BCUT2D eigenvalue weighted by molar-refractivity contribution is -0.0610. The zero-order valence-corrected chi connectivity index (χ0v) is 16.2. The minimum Gasteiger partial charge on any atom is -0.465 e. The van der Waals surface area contributed by atoms with Crippen molar-refractivity contribution in [3.63, 3.8) is 0 Å². The molecule has 0 radical (unpaired) electrons. The van der Waals surface area contributed by atoms with Gasteiger partial charge >= 0.3 is 12.1 Å². The van der Waals surface area contributed by atoms with Crippen molar-refractivity contribution in [1.82, 2.24) is 4.90 Å². The van der Waals surface area contributed by atoms with Gasteiger partial charge in [0.2, 0.25) is 0 Å². The van der Waals surface area contributed by atoms with Gasteiger partial charge in [0.25, 0.3) is 0 Å². The molecule has 26 heavy (non-hydrogen) atoms. The molecule has 0 aliphatic carbocycles. The average Bonchev–Trinajstić information content (AvgIpc) is 2.85. The maximum absolute atomic E-state index is 12.6. The molecule has 1 aliphatic heterocycles. The van der Waals surface area contributed by atoms with Crippen LogP contribution in [0.4, 0.5) is 4.79 Å². The van der Waals surface area contributed by atoms with E-state index < -0.39 is 17.4 Å². The molecular weight excluding hydrogens is 334 g/mol. The normalized spacial score (nSPS) is 19.6. The van der Waals surface area contributed by atoms with Gasteiger partial charge in [0, 0.05) is 0 Å². The number of methoxy groups -OCH3 is 1. The Kier molecular flexibility index (Phi) is 5.76. The number of hydrogen-bond donors (Lipinski definition) is 0. The Morgan fingerprint density at radius 2 is 2.00 bits per heavy atom. The maximum Gasteiger partial charge on any atom is 0.413 e. The van der Waals surface area contributed by atoms with Gasteiger partial charge in [-0.2, -0.15) is 0 Å². The Morgan fingerprint density at radius 1 is 1.31 bits per heavy atom. The van der Waals surface area contributed by atoms with Gasteiger partial charge in [0.05, 0.1) is 25.3 Å². The quantitative estimate of drug-likeness (QED) is 0.765.